The monoisotopic (exact) mass is 428 g/mol. The number of carbonyl (C=O) groups excluding carboxylic acids is 1. The molecule has 1 amide bonds. The van der Waals surface area contributed by atoms with Crippen molar-refractivity contribution in [2.45, 2.75) is 38.9 Å². The molecule has 1 aliphatic heterocycles. The number of hydrogen-bond donors (Lipinski definition) is 1. The number of alkyl halides is 3. The van der Waals surface area contributed by atoms with Crippen LogP contribution in [0.1, 0.15) is 42.7 Å². The minimum atomic E-state index is -4.74. The number of likely N-dealkylation sites (tertiary alicyclic amines) is 1. The lowest BCUT2D eigenvalue weighted by molar-refractivity contribution is -0.143. The summed E-state index contributed by atoms with van der Waals surface area (Å²) in [5.41, 5.74) is -1.42. The minimum absolute atomic E-state index is 0.0438. The van der Waals surface area contributed by atoms with Gasteiger partial charge < -0.3 is 5.32 Å². The van der Waals surface area contributed by atoms with E-state index in [0.29, 0.717) is 10.9 Å². The lowest BCUT2D eigenvalue weighted by Gasteiger charge is -2.35. The molecule has 2 heterocycles. The maximum absolute atomic E-state index is 13.7. The van der Waals surface area contributed by atoms with E-state index in [9.17, 15) is 18.0 Å². The Morgan fingerprint density at radius 3 is 2.66 bits per heavy atom. The first-order valence-electron chi connectivity index (χ1n) is 9.60. The van der Waals surface area contributed by atoms with Crippen LogP contribution >= 0.6 is 11.6 Å². The van der Waals surface area contributed by atoms with E-state index in [4.69, 9.17) is 11.6 Å². The van der Waals surface area contributed by atoms with Gasteiger partial charge in [-0.3, -0.25) is 9.69 Å². The quantitative estimate of drug-likeness (QED) is 0.768. The van der Waals surface area contributed by atoms with Gasteiger partial charge in [-0.2, -0.15) is 18.3 Å². The summed E-state index contributed by atoms with van der Waals surface area (Å²) in [6.07, 6.45) is -1.52. The van der Waals surface area contributed by atoms with E-state index in [1.165, 1.54) is 30.7 Å². The van der Waals surface area contributed by atoms with Crippen molar-refractivity contribution in [1.82, 2.24) is 20.0 Å². The molecule has 0 spiro atoms. The zero-order chi connectivity index (χ0) is 21.2. The summed E-state index contributed by atoms with van der Waals surface area (Å²) in [5, 5.41) is 6.85. The molecule has 1 aromatic carbocycles. The lowest BCUT2D eigenvalue weighted by Crippen LogP contribution is -2.46. The number of carbonyl (C=O) groups is 1. The molecule has 1 aromatic heterocycles. The van der Waals surface area contributed by atoms with E-state index in [1.807, 2.05) is 6.92 Å². The van der Waals surface area contributed by atoms with Gasteiger partial charge in [-0.15, -0.1) is 0 Å². The molecule has 2 atom stereocenters. The summed E-state index contributed by atoms with van der Waals surface area (Å²) in [5.74, 6) is -0.203. The van der Waals surface area contributed by atoms with E-state index in [-0.39, 0.29) is 18.3 Å². The van der Waals surface area contributed by atoms with Crippen molar-refractivity contribution in [2.75, 3.05) is 19.6 Å². The number of amides is 1. The first-order valence-corrected chi connectivity index (χ1v) is 9.98. The predicted octanol–water partition coefficient (Wildman–Crippen LogP) is 4.39. The summed E-state index contributed by atoms with van der Waals surface area (Å²) >= 11 is 5.81. The highest BCUT2D eigenvalue weighted by molar-refractivity contribution is 6.30. The standard InChI is InChI=1S/C20H24ClF3N4O/c1-13-4-3-9-27(12-13)14(2)10-25-19(29)17-11-26-28(18(17)20(22,23)24)16-7-5-15(21)6-8-16/h5-8,11,13-14H,3-4,9-10,12H2,1-2H3,(H,25,29). The Kier molecular flexibility index (Phi) is 6.53. The van der Waals surface area contributed by atoms with Crippen LogP contribution in [0.15, 0.2) is 30.5 Å². The number of nitrogens with one attached hydrogen (secondary N) is 1. The number of nitrogens with zero attached hydrogens (tertiary/aromatic N) is 3. The highest BCUT2D eigenvalue weighted by Crippen LogP contribution is 2.33. The van der Waals surface area contributed by atoms with Crippen LogP contribution in [0.4, 0.5) is 13.2 Å². The van der Waals surface area contributed by atoms with E-state index >= 15 is 0 Å². The molecular formula is C20H24ClF3N4O. The van der Waals surface area contributed by atoms with Gasteiger partial charge in [0.15, 0.2) is 5.69 Å². The lowest BCUT2D eigenvalue weighted by atomic mass is 9.99. The molecule has 9 heteroatoms. The van der Waals surface area contributed by atoms with Crippen molar-refractivity contribution in [1.29, 1.82) is 0 Å². The highest BCUT2D eigenvalue weighted by Gasteiger charge is 2.40. The molecule has 0 saturated carbocycles. The third-order valence-corrected chi connectivity index (χ3v) is 5.48. The maximum Gasteiger partial charge on any atom is 0.434 e. The summed E-state index contributed by atoms with van der Waals surface area (Å²) in [4.78, 5) is 14.8. The van der Waals surface area contributed by atoms with Crippen molar-refractivity contribution in [3.05, 3.63) is 46.7 Å². The van der Waals surface area contributed by atoms with E-state index in [2.05, 4.69) is 22.2 Å². The molecule has 1 fully saturated rings. The van der Waals surface area contributed by atoms with Crippen LogP contribution < -0.4 is 5.32 Å². The summed E-state index contributed by atoms with van der Waals surface area (Å²) in [6.45, 7) is 6.29. The number of piperidine rings is 1. The van der Waals surface area contributed by atoms with Gasteiger partial charge >= 0.3 is 6.18 Å². The molecule has 0 bridgehead atoms. The Balaban J connectivity index is 1.77. The molecule has 0 radical (unpaired) electrons. The minimum Gasteiger partial charge on any atom is -0.350 e. The van der Waals surface area contributed by atoms with Crippen molar-refractivity contribution in [3.63, 3.8) is 0 Å². The third-order valence-electron chi connectivity index (χ3n) is 5.22. The zero-order valence-corrected chi connectivity index (χ0v) is 17.1. The fraction of sp³-hybridized carbons (Fsp3) is 0.500. The summed E-state index contributed by atoms with van der Waals surface area (Å²) < 4.78 is 41.9. The van der Waals surface area contributed by atoms with Crippen LogP contribution in [0.25, 0.3) is 5.69 Å². The Labute approximate surface area is 172 Å². The van der Waals surface area contributed by atoms with E-state index in [1.54, 1.807) is 0 Å². The molecule has 3 rings (SSSR count). The fourth-order valence-electron chi connectivity index (χ4n) is 3.66. The fourth-order valence-corrected chi connectivity index (χ4v) is 3.78. The van der Waals surface area contributed by atoms with Crippen LogP contribution in [0, 0.1) is 5.92 Å². The second-order valence-electron chi connectivity index (χ2n) is 7.59. The molecule has 2 aromatic rings. The first kappa shape index (κ1) is 21.6. The second-order valence-corrected chi connectivity index (χ2v) is 8.03. The number of rotatable bonds is 5. The van der Waals surface area contributed by atoms with Gasteiger partial charge in [-0.25, -0.2) is 4.68 Å². The molecule has 29 heavy (non-hydrogen) atoms. The smallest absolute Gasteiger partial charge is 0.350 e. The zero-order valence-electron chi connectivity index (χ0n) is 16.3. The van der Waals surface area contributed by atoms with Crippen molar-refractivity contribution in [2.24, 2.45) is 5.92 Å². The van der Waals surface area contributed by atoms with Crippen LogP contribution in [-0.4, -0.2) is 46.3 Å². The van der Waals surface area contributed by atoms with Crippen molar-refractivity contribution < 1.29 is 18.0 Å². The number of benzene rings is 1. The molecule has 1 N–H and O–H groups in total. The van der Waals surface area contributed by atoms with Crippen molar-refractivity contribution in [3.8, 4) is 5.69 Å². The molecule has 158 valence electrons. The Hall–Kier alpha value is -2.06. The largest absolute Gasteiger partial charge is 0.434 e. The number of aromatic nitrogens is 2. The first-order chi connectivity index (χ1) is 13.7. The SMILES string of the molecule is CC1CCCN(C(C)CNC(=O)c2cnn(-c3ccc(Cl)cc3)c2C(F)(F)F)C1. The van der Waals surface area contributed by atoms with Gasteiger partial charge in [0.2, 0.25) is 0 Å². The second kappa shape index (κ2) is 8.75. The van der Waals surface area contributed by atoms with Crippen LogP contribution in [0.2, 0.25) is 5.02 Å². The van der Waals surface area contributed by atoms with Gasteiger partial charge in [0.1, 0.15) is 0 Å². The average Bonchev–Trinajstić information content (AvgIpc) is 3.12. The van der Waals surface area contributed by atoms with Gasteiger partial charge in [0.25, 0.3) is 5.91 Å². The molecular weight excluding hydrogens is 405 g/mol. The molecule has 0 aliphatic carbocycles. The third kappa shape index (κ3) is 5.11. The Bertz CT molecular complexity index is 850. The average molecular weight is 429 g/mol. The van der Waals surface area contributed by atoms with Gasteiger partial charge in [0, 0.05) is 24.2 Å². The van der Waals surface area contributed by atoms with Crippen LogP contribution in [0.3, 0.4) is 0 Å². The highest BCUT2D eigenvalue weighted by atomic mass is 35.5. The van der Waals surface area contributed by atoms with Crippen LogP contribution in [-0.2, 0) is 6.18 Å². The molecule has 2 unspecified atom stereocenters. The van der Waals surface area contributed by atoms with E-state index < -0.39 is 23.3 Å². The normalized spacial score (nSPS) is 19.2. The van der Waals surface area contributed by atoms with Crippen molar-refractivity contribution >= 4 is 17.5 Å². The predicted molar refractivity (Wildman–Crippen MR) is 105 cm³/mol. The number of hydrogen-bond acceptors (Lipinski definition) is 3. The van der Waals surface area contributed by atoms with E-state index in [0.717, 1.165) is 30.4 Å². The molecule has 1 saturated heterocycles. The topological polar surface area (TPSA) is 50.2 Å². The summed E-state index contributed by atoms with van der Waals surface area (Å²) in [7, 11) is 0. The number of halogens is 4. The maximum atomic E-state index is 13.7. The van der Waals surface area contributed by atoms with Gasteiger partial charge in [-0.05, 0) is 56.5 Å². The Morgan fingerprint density at radius 2 is 2.03 bits per heavy atom. The van der Waals surface area contributed by atoms with Gasteiger partial charge in [-0.1, -0.05) is 18.5 Å². The van der Waals surface area contributed by atoms with Gasteiger partial charge in [0.05, 0.1) is 17.4 Å². The Morgan fingerprint density at radius 1 is 1.34 bits per heavy atom. The molecule has 1 aliphatic rings. The molecule has 5 nitrogen and oxygen atoms in total. The van der Waals surface area contributed by atoms with Crippen LogP contribution in [0.5, 0.6) is 0 Å². The summed E-state index contributed by atoms with van der Waals surface area (Å²) in [6, 6.07) is 5.83.